The zero-order chi connectivity index (χ0) is 6.69. The lowest BCUT2D eigenvalue weighted by Gasteiger charge is -1.92. The maximum atomic E-state index is 10.4. The van der Waals surface area contributed by atoms with Gasteiger partial charge in [-0.25, -0.2) is 0 Å². The number of rotatable bonds is 0. The molecule has 0 bridgehead atoms. The van der Waals surface area contributed by atoms with Crippen LogP contribution in [0.5, 0.6) is 0 Å². The molecule has 0 saturated heterocycles. The van der Waals surface area contributed by atoms with Gasteiger partial charge in [0.25, 0.3) is 0 Å². The predicted octanol–water partition coefficient (Wildman–Crippen LogP) is 0.406. The number of hydrogen-bond acceptors (Lipinski definition) is 3. The van der Waals surface area contributed by atoms with Crippen LogP contribution < -0.4 is 0 Å². The van der Waals surface area contributed by atoms with E-state index >= 15 is 0 Å². The molecule has 3 heteroatoms. The Hall–Kier alpha value is -1.12. The molecule has 9 heavy (non-hydrogen) atoms. The van der Waals surface area contributed by atoms with Gasteiger partial charge < -0.3 is 4.74 Å². The van der Waals surface area contributed by atoms with Gasteiger partial charge in [0.05, 0.1) is 12.8 Å². The van der Waals surface area contributed by atoms with Crippen molar-refractivity contribution in [3.8, 4) is 0 Å². The summed E-state index contributed by atoms with van der Waals surface area (Å²) in [5, 5.41) is 0. The molecular weight excluding hydrogens is 120 g/mol. The minimum Gasteiger partial charge on any atom is -0.393 e. The molecule has 0 amide bonds. The van der Waals surface area contributed by atoms with Crippen LogP contribution in [-0.4, -0.2) is 11.9 Å². The van der Waals surface area contributed by atoms with Gasteiger partial charge in [0.1, 0.15) is 0 Å². The fourth-order valence-electron chi connectivity index (χ4n) is 0.569. The lowest BCUT2D eigenvalue weighted by Crippen LogP contribution is -2.07. The van der Waals surface area contributed by atoms with E-state index in [-0.39, 0.29) is 12.8 Å². The number of carbonyl (C=O) groups is 2. The Labute approximate surface area is 52.3 Å². The van der Waals surface area contributed by atoms with Crippen LogP contribution >= 0.6 is 0 Å². The SMILES string of the molecule is O=C1CC=CCC(=O)O1. The first-order chi connectivity index (χ1) is 4.29. The van der Waals surface area contributed by atoms with Gasteiger partial charge in [-0.05, 0) is 0 Å². The molecule has 0 spiro atoms. The standard InChI is InChI=1S/C6H6O3/c7-5-3-1-2-4-6(8)9-5/h1-2H,3-4H2. The third kappa shape index (κ3) is 1.68. The Bertz CT molecular complexity index is 151. The van der Waals surface area contributed by atoms with Crippen molar-refractivity contribution in [2.24, 2.45) is 0 Å². The Morgan fingerprint density at radius 3 is 2.00 bits per heavy atom. The van der Waals surface area contributed by atoms with Crippen LogP contribution in [0.3, 0.4) is 0 Å². The molecule has 1 aliphatic heterocycles. The summed E-state index contributed by atoms with van der Waals surface area (Å²) in [7, 11) is 0. The normalized spacial score (nSPS) is 19.1. The van der Waals surface area contributed by atoms with Crippen molar-refractivity contribution in [3.05, 3.63) is 12.2 Å². The van der Waals surface area contributed by atoms with Crippen LogP contribution in [0.1, 0.15) is 12.8 Å². The molecule has 1 rings (SSSR count). The van der Waals surface area contributed by atoms with Gasteiger partial charge in [-0.1, -0.05) is 12.2 Å². The Morgan fingerprint density at radius 1 is 1.11 bits per heavy atom. The predicted molar refractivity (Wildman–Crippen MR) is 29.5 cm³/mol. The molecule has 0 aromatic heterocycles. The number of cyclic esters (lactones) is 2. The summed E-state index contributed by atoms with van der Waals surface area (Å²) >= 11 is 0. The van der Waals surface area contributed by atoms with Crippen molar-refractivity contribution in [1.29, 1.82) is 0 Å². The summed E-state index contributed by atoms with van der Waals surface area (Å²) in [5.74, 6) is -0.928. The van der Waals surface area contributed by atoms with Crippen molar-refractivity contribution in [3.63, 3.8) is 0 Å². The van der Waals surface area contributed by atoms with Crippen LogP contribution in [0.25, 0.3) is 0 Å². The Morgan fingerprint density at radius 2 is 1.56 bits per heavy atom. The van der Waals surface area contributed by atoms with E-state index in [1.807, 2.05) is 0 Å². The van der Waals surface area contributed by atoms with E-state index in [1.165, 1.54) is 0 Å². The Kier molecular flexibility index (Phi) is 1.63. The van der Waals surface area contributed by atoms with Crippen LogP contribution in [0.2, 0.25) is 0 Å². The second-order valence-corrected chi connectivity index (χ2v) is 1.73. The molecule has 48 valence electrons. The first-order valence-electron chi connectivity index (χ1n) is 2.67. The Balaban J connectivity index is 2.60. The van der Waals surface area contributed by atoms with Crippen molar-refractivity contribution in [1.82, 2.24) is 0 Å². The lowest BCUT2D eigenvalue weighted by molar-refractivity contribution is -0.157. The van der Waals surface area contributed by atoms with Crippen molar-refractivity contribution >= 4 is 11.9 Å². The zero-order valence-corrected chi connectivity index (χ0v) is 4.79. The van der Waals surface area contributed by atoms with Gasteiger partial charge in [-0.15, -0.1) is 0 Å². The van der Waals surface area contributed by atoms with Crippen LogP contribution in [-0.2, 0) is 14.3 Å². The molecule has 0 unspecified atom stereocenters. The second-order valence-electron chi connectivity index (χ2n) is 1.73. The first-order valence-corrected chi connectivity index (χ1v) is 2.67. The van der Waals surface area contributed by atoms with E-state index in [0.717, 1.165) is 0 Å². The summed E-state index contributed by atoms with van der Waals surface area (Å²) in [6.45, 7) is 0. The minimum atomic E-state index is -0.464. The molecule has 1 aliphatic rings. The monoisotopic (exact) mass is 126 g/mol. The summed E-state index contributed by atoms with van der Waals surface area (Å²) in [4.78, 5) is 20.8. The summed E-state index contributed by atoms with van der Waals surface area (Å²) in [5.41, 5.74) is 0. The fraction of sp³-hybridized carbons (Fsp3) is 0.333. The van der Waals surface area contributed by atoms with Gasteiger partial charge in [-0.2, -0.15) is 0 Å². The molecular formula is C6H6O3. The van der Waals surface area contributed by atoms with E-state index in [0.29, 0.717) is 0 Å². The molecule has 3 nitrogen and oxygen atoms in total. The first kappa shape index (κ1) is 6.01. The van der Waals surface area contributed by atoms with E-state index < -0.39 is 11.9 Å². The molecule has 1 heterocycles. The highest BCUT2D eigenvalue weighted by Gasteiger charge is 2.09. The van der Waals surface area contributed by atoms with Crippen molar-refractivity contribution < 1.29 is 14.3 Å². The maximum Gasteiger partial charge on any atom is 0.317 e. The third-order valence-corrected chi connectivity index (χ3v) is 0.963. The zero-order valence-electron chi connectivity index (χ0n) is 4.79. The average molecular weight is 126 g/mol. The van der Waals surface area contributed by atoms with Gasteiger partial charge in [-0.3, -0.25) is 9.59 Å². The average Bonchev–Trinajstić information content (AvgIpc) is 1.93. The van der Waals surface area contributed by atoms with Gasteiger partial charge in [0, 0.05) is 0 Å². The number of esters is 2. The third-order valence-electron chi connectivity index (χ3n) is 0.963. The van der Waals surface area contributed by atoms with E-state index in [4.69, 9.17) is 0 Å². The molecule has 0 radical (unpaired) electrons. The van der Waals surface area contributed by atoms with Gasteiger partial charge in [0.15, 0.2) is 0 Å². The largest absolute Gasteiger partial charge is 0.393 e. The highest BCUT2D eigenvalue weighted by atomic mass is 16.6. The molecule has 0 atom stereocenters. The second kappa shape index (κ2) is 2.44. The van der Waals surface area contributed by atoms with Crippen LogP contribution in [0, 0.1) is 0 Å². The molecule has 0 aliphatic carbocycles. The van der Waals surface area contributed by atoms with Crippen molar-refractivity contribution in [2.75, 3.05) is 0 Å². The number of hydrogen-bond donors (Lipinski definition) is 0. The number of carbonyl (C=O) groups excluding carboxylic acids is 2. The maximum absolute atomic E-state index is 10.4. The van der Waals surface area contributed by atoms with E-state index in [2.05, 4.69) is 4.74 Å². The minimum absolute atomic E-state index is 0.214. The lowest BCUT2D eigenvalue weighted by atomic mass is 10.3. The molecule has 0 N–H and O–H groups in total. The molecule has 0 aromatic carbocycles. The van der Waals surface area contributed by atoms with Crippen LogP contribution in [0.4, 0.5) is 0 Å². The topological polar surface area (TPSA) is 43.4 Å². The smallest absolute Gasteiger partial charge is 0.317 e. The van der Waals surface area contributed by atoms with E-state index in [1.54, 1.807) is 12.2 Å². The molecule has 0 aromatic rings. The molecule has 0 fully saturated rings. The summed E-state index contributed by atoms with van der Waals surface area (Å²) in [6, 6.07) is 0. The highest BCUT2D eigenvalue weighted by molar-refractivity contribution is 5.87. The fourth-order valence-corrected chi connectivity index (χ4v) is 0.569. The molecule has 0 saturated carbocycles. The quantitative estimate of drug-likeness (QED) is 0.268. The van der Waals surface area contributed by atoms with Crippen molar-refractivity contribution in [2.45, 2.75) is 12.8 Å². The van der Waals surface area contributed by atoms with Gasteiger partial charge in [0.2, 0.25) is 0 Å². The highest BCUT2D eigenvalue weighted by Crippen LogP contribution is 1.99. The van der Waals surface area contributed by atoms with Crippen LogP contribution in [0.15, 0.2) is 12.2 Å². The van der Waals surface area contributed by atoms with Gasteiger partial charge >= 0.3 is 11.9 Å². The van der Waals surface area contributed by atoms with E-state index in [9.17, 15) is 9.59 Å². The summed E-state index contributed by atoms with van der Waals surface area (Å²) in [6.07, 6.45) is 3.69. The number of ether oxygens (including phenoxy) is 1. The summed E-state index contributed by atoms with van der Waals surface area (Å²) < 4.78 is 4.27.